The van der Waals surface area contributed by atoms with Crippen molar-refractivity contribution in [1.29, 1.82) is 0 Å². The van der Waals surface area contributed by atoms with E-state index >= 15 is 0 Å². The first-order valence-electron chi connectivity index (χ1n) is 10.2. The lowest BCUT2D eigenvalue weighted by Crippen LogP contribution is -2.08. The Morgan fingerprint density at radius 2 is 1.12 bits per heavy atom. The van der Waals surface area contributed by atoms with Crippen LogP contribution in [0.2, 0.25) is 0 Å². The van der Waals surface area contributed by atoms with Crippen molar-refractivity contribution in [3.63, 3.8) is 0 Å². The Balaban J connectivity index is 1.41. The molecule has 0 N–H and O–H groups in total. The van der Waals surface area contributed by atoms with Gasteiger partial charge in [0, 0.05) is 24.0 Å². The summed E-state index contributed by atoms with van der Waals surface area (Å²) in [5, 5.41) is 0. The molecule has 0 heterocycles. The molecule has 0 aliphatic heterocycles. The van der Waals surface area contributed by atoms with Crippen LogP contribution in [-0.2, 0) is 19.1 Å². The fourth-order valence-corrected chi connectivity index (χ4v) is 3.85. The molecule has 0 saturated heterocycles. The van der Waals surface area contributed by atoms with Gasteiger partial charge in [0.15, 0.2) is 0 Å². The second-order valence-corrected chi connectivity index (χ2v) is 8.80. The number of hydrogen-bond donors (Lipinski definition) is 0. The van der Waals surface area contributed by atoms with E-state index in [0.717, 1.165) is 22.6 Å². The fourth-order valence-electron chi connectivity index (χ4n) is 3.11. The summed E-state index contributed by atoms with van der Waals surface area (Å²) in [4.78, 5) is 24.0. The number of rotatable bonds is 10. The van der Waals surface area contributed by atoms with Gasteiger partial charge in [-0.25, -0.2) is 9.59 Å². The first-order chi connectivity index (χ1) is 15.8. The highest BCUT2D eigenvalue weighted by atomic mass is 35.5. The van der Waals surface area contributed by atoms with Crippen LogP contribution in [0.5, 0.6) is 11.5 Å². The second kappa shape index (κ2) is 11.3. The molecule has 2 aromatic rings. The quantitative estimate of drug-likeness (QED) is 0.267. The number of hydrogen-bond acceptors (Lipinski definition) is 6. The third-order valence-corrected chi connectivity index (χ3v) is 6.35. The summed E-state index contributed by atoms with van der Waals surface area (Å²) in [6, 6.07) is 14.5. The molecule has 0 bridgehead atoms. The van der Waals surface area contributed by atoms with Crippen LogP contribution in [0, 0.1) is 11.8 Å². The second-order valence-electron chi connectivity index (χ2n) is 7.36. The van der Waals surface area contributed by atoms with Gasteiger partial charge in [-0.2, -0.15) is 0 Å². The third kappa shape index (κ3) is 7.01. The van der Waals surface area contributed by atoms with Crippen LogP contribution in [-0.4, -0.2) is 43.7 Å². The highest BCUT2D eigenvalue weighted by Crippen LogP contribution is 2.59. The average Bonchev–Trinajstić information content (AvgIpc) is 3.37. The van der Waals surface area contributed by atoms with E-state index in [0.29, 0.717) is 0 Å². The zero-order chi connectivity index (χ0) is 23.8. The Morgan fingerprint density at radius 3 is 1.45 bits per heavy atom. The molecule has 0 radical (unpaired) electrons. The molecule has 1 aliphatic rings. The van der Waals surface area contributed by atoms with Gasteiger partial charge < -0.3 is 18.9 Å². The van der Waals surface area contributed by atoms with E-state index in [1.54, 1.807) is 50.6 Å². The molecule has 174 valence electrons. The van der Waals surface area contributed by atoms with Crippen molar-refractivity contribution in [2.24, 2.45) is 11.8 Å². The number of carbonyl (C=O) groups excluding carboxylic acids is 2. The molecule has 0 amide bonds. The predicted octanol–water partition coefficient (Wildman–Crippen LogP) is 4.94. The molecule has 2 aromatic carbocycles. The van der Waals surface area contributed by atoms with Gasteiger partial charge in [-0.15, -0.1) is 23.2 Å². The number of benzene rings is 2. The SMILES string of the molecule is COc1ccc(/C=C/C(=O)OCC2C(COC(=O)/C=C/c3ccc(OC)cc3)C2(Cl)Cl)cc1. The molecule has 2 unspecified atom stereocenters. The van der Waals surface area contributed by atoms with Gasteiger partial charge >= 0.3 is 11.9 Å². The van der Waals surface area contributed by atoms with Crippen LogP contribution in [0.25, 0.3) is 12.2 Å². The van der Waals surface area contributed by atoms with Crippen LogP contribution < -0.4 is 9.47 Å². The molecule has 6 nitrogen and oxygen atoms in total. The zero-order valence-electron chi connectivity index (χ0n) is 18.2. The molecule has 8 heteroatoms. The first kappa shape index (κ1) is 24.7. The lowest BCUT2D eigenvalue weighted by Gasteiger charge is -2.02. The van der Waals surface area contributed by atoms with Gasteiger partial charge in [-0.05, 0) is 47.5 Å². The molecule has 0 spiro atoms. The number of carbonyl (C=O) groups is 2. The number of esters is 2. The van der Waals surface area contributed by atoms with Crippen molar-refractivity contribution in [3.8, 4) is 11.5 Å². The minimum absolute atomic E-state index is 0.0304. The Hall–Kier alpha value is -2.96. The van der Waals surface area contributed by atoms with Gasteiger partial charge in [0.1, 0.15) is 15.8 Å². The van der Waals surface area contributed by atoms with Crippen molar-refractivity contribution >= 4 is 47.3 Å². The molecule has 33 heavy (non-hydrogen) atoms. The van der Waals surface area contributed by atoms with E-state index < -0.39 is 16.3 Å². The molecule has 1 fully saturated rings. The van der Waals surface area contributed by atoms with Crippen LogP contribution in [0.1, 0.15) is 11.1 Å². The van der Waals surface area contributed by atoms with Crippen LogP contribution in [0.4, 0.5) is 0 Å². The maximum absolute atomic E-state index is 12.0. The van der Waals surface area contributed by atoms with E-state index in [1.807, 2.05) is 24.3 Å². The summed E-state index contributed by atoms with van der Waals surface area (Å²) in [6.45, 7) is 0.0609. The van der Waals surface area contributed by atoms with E-state index in [9.17, 15) is 9.59 Å². The zero-order valence-corrected chi connectivity index (χ0v) is 19.7. The Bertz CT molecular complexity index is 931. The van der Waals surface area contributed by atoms with Gasteiger partial charge in [0.05, 0.1) is 27.4 Å². The Labute approximate surface area is 202 Å². The molecule has 1 aliphatic carbocycles. The van der Waals surface area contributed by atoms with Gasteiger partial charge in [0.25, 0.3) is 0 Å². The number of methoxy groups -OCH3 is 2. The molecule has 2 atom stereocenters. The van der Waals surface area contributed by atoms with E-state index in [1.165, 1.54) is 12.2 Å². The van der Waals surface area contributed by atoms with Gasteiger partial charge in [-0.3, -0.25) is 0 Å². The third-order valence-electron chi connectivity index (χ3n) is 5.23. The average molecular weight is 491 g/mol. The highest BCUT2D eigenvalue weighted by molar-refractivity contribution is 6.51. The summed E-state index contributed by atoms with van der Waals surface area (Å²) in [5.74, 6) is -0.214. The van der Waals surface area contributed by atoms with Gasteiger partial charge in [0.2, 0.25) is 0 Å². The smallest absolute Gasteiger partial charge is 0.330 e. The van der Waals surface area contributed by atoms with Gasteiger partial charge in [-0.1, -0.05) is 24.3 Å². The number of alkyl halides is 2. The monoisotopic (exact) mass is 490 g/mol. The summed E-state index contributed by atoms with van der Waals surface area (Å²) in [5.41, 5.74) is 1.66. The minimum atomic E-state index is -1.11. The van der Waals surface area contributed by atoms with E-state index in [4.69, 9.17) is 42.1 Å². The maximum atomic E-state index is 12.0. The van der Waals surface area contributed by atoms with Crippen molar-refractivity contribution < 1.29 is 28.5 Å². The van der Waals surface area contributed by atoms with E-state index in [2.05, 4.69) is 0 Å². The normalized spacial score (nSPS) is 18.8. The highest BCUT2D eigenvalue weighted by Gasteiger charge is 2.64. The molecule has 3 rings (SSSR count). The van der Waals surface area contributed by atoms with Crippen molar-refractivity contribution in [3.05, 3.63) is 71.8 Å². The van der Waals surface area contributed by atoms with Crippen LogP contribution >= 0.6 is 23.2 Å². The summed E-state index contributed by atoms with van der Waals surface area (Å²) >= 11 is 12.5. The first-order valence-corrected chi connectivity index (χ1v) is 10.9. The predicted molar refractivity (Wildman–Crippen MR) is 127 cm³/mol. The van der Waals surface area contributed by atoms with Crippen molar-refractivity contribution in [2.45, 2.75) is 4.33 Å². The van der Waals surface area contributed by atoms with Crippen molar-refractivity contribution in [2.75, 3.05) is 27.4 Å². The summed E-state index contributed by atoms with van der Waals surface area (Å²) < 4.78 is 19.6. The Kier molecular flexibility index (Phi) is 8.42. The molecular weight excluding hydrogens is 467 g/mol. The van der Waals surface area contributed by atoms with Crippen LogP contribution in [0.15, 0.2) is 60.7 Å². The van der Waals surface area contributed by atoms with E-state index in [-0.39, 0.29) is 25.0 Å². The summed E-state index contributed by atoms with van der Waals surface area (Å²) in [6.07, 6.45) is 5.93. The largest absolute Gasteiger partial charge is 0.497 e. The minimum Gasteiger partial charge on any atom is -0.497 e. The van der Waals surface area contributed by atoms with Crippen LogP contribution in [0.3, 0.4) is 0 Å². The summed E-state index contributed by atoms with van der Waals surface area (Å²) in [7, 11) is 3.17. The number of ether oxygens (including phenoxy) is 4. The standard InChI is InChI=1S/C25H24Cl2O6/c1-30-19-9-3-17(4-10-19)7-13-23(28)32-15-21-22(25(21,26)27)16-33-24(29)14-8-18-5-11-20(31-2)12-6-18/h3-14,21-22H,15-16H2,1-2H3/b13-7+,14-8+. The maximum Gasteiger partial charge on any atom is 0.330 e. The molecule has 1 saturated carbocycles. The fraction of sp³-hybridized carbons (Fsp3) is 0.280. The molecular formula is C25H24Cl2O6. The van der Waals surface area contributed by atoms with Crippen molar-refractivity contribution in [1.82, 2.24) is 0 Å². The lowest BCUT2D eigenvalue weighted by atomic mass is 10.2. The lowest BCUT2D eigenvalue weighted by molar-refractivity contribution is -0.140. The Morgan fingerprint density at radius 1 is 0.758 bits per heavy atom. The number of halogens is 2. The topological polar surface area (TPSA) is 71.1 Å². The molecule has 0 aromatic heterocycles.